The highest BCUT2D eigenvalue weighted by Crippen LogP contribution is 2.65. The summed E-state index contributed by atoms with van der Waals surface area (Å²) in [5.74, 6) is -1.90. The van der Waals surface area contributed by atoms with Gasteiger partial charge in [0, 0.05) is 26.7 Å². The van der Waals surface area contributed by atoms with Gasteiger partial charge in [-0.15, -0.1) is 0 Å². The third kappa shape index (κ3) is 3.24. The Labute approximate surface area is 172 Å². The molecule has 8 nitrogen and oxygen atoms in total. The van der Waals surface area contributed by atoms with Crippen LogP contribution in [0.3, 0.4) is 0 Å². The van der Waals surface area contributed by atoms with E-state index in [2.05, 4.69) is 17.6 Å². The van der Waals surface area contributed by atoms with Gasteiger partial charge in [0.25, 0.3) is 0 Å². The predicted molar refractivity (Wildman–Crippen MR) is 107 cm³/mol. The lowest BCUT2D eigenvalue weighted by Gasteiger charge is -2.36. The van der Waals surface area contributed by atoms with E-state index in [1.165, 1.54) is 0 Å². The van der Waals surface area contributed by atoms with Crippen molar-refractivity contribution in [2.45, 2.75) is 70.1 Å². The quantitative estimate of drug-likeness (QED) is 0.479. The molecule has 3 unspecified atom stereocenters. The molecule has 0 saturated carbocycles. The molecule has 164 valence electrons. The second-order valence-corrected chi connectivity index (χ2v) is 8.93. The zero-order valence-corrected chi connectivity index (χ0v) is 18.0. The van der Waals surface area contributed by atoms with Crippen molar-refractivity contribution < 1.29 is 24.2 Å². The number of rotatable bonds is 9. The Bertz CT molecular complexity index is 671. The standard InChI is InChI=1S/C21H35N3O5/c1-5-6-7-9-23-18(27)16-21-12-13(2)20(3,29-21)14(17(26)22-4)15(21)19(28)24(16)10-8-11-25/h13-16,25H,5-12H2,1-4H3,(H,22,26)(H,23,27)/t13?,14-,15-,16?,20+,21?/m0/s1. The van der Waals surface area contributed by atoms with E-state index < -0.39 is 29.1 Å². The van der Waals surface area contributed by atoms with Crippen molar-refractivity contribution in [1.29, 1.82) is 0 Å². The van der Waals surface area contributed by atoms with Crippen molar-refractivity contribution in [1.82, 2.24) is 15.5 Å². The number of ether oxygens (including phenoxy) is 1. The van der Waals surface area contributed by atoms with Gasteiger partial charge < -0.3 is 25.4 Å². The molecular formula is C21H35N3O5. The average Bonchev–Trinajstić information content (AvgIpc) is 3.20. The summed E-state index contributed by atoms with van der Waals surface area (Å²) < 4.78 is 6.51. The predicted octanol–water partition coefficient (Wildman–Crippen LogP) is 0.432. The molecule has 3 fully saturated rings. The second kappa shape index (κ2) is 8.22. The number of aliphatic hydroxyl groups excluding tert-OH is 1. The Morgan fingerprint density at radius 2 is 2.00 bits per heavy atom. The summed E-state index contributed by atoms with van der Waals surface area (Å²) in [6.07, 6.45) is 3.91. The van der Waals surface area contributed by atoms with E-state index in [0.29, 0.717) is 19.4 Å². The lowest BCUT2D eigenvalue weighted by atomic mass is 9.62. The molecule has 3 rings (SSSR count). The normalized spacial score (nSPS) is 37.7. The summed E-state index contributed by atoms with van der Waals surface area (Å²) in [5.41, 5.74) is -1.77. The third-order valence-electron chi connectivity index (χ3n) is 7.23. The lowest BCUT2D eigenvalue weighted by Crippen LogP contribution is -2.56. The molecular weight excluding hydrogens is 374 g/mol. The molecule has 3 heterocycles. The summed E-state index contributed by atoms with van der Waals surface area (Å²) >= 11 is 0. The molecule has 6 atom stereocenters. The Hall–Kier alpha value is -1.67. The van der Waals surface area contributed by atoms with E-state index in [9.17, 15) is 19.5 Å². The Kier molecular flexibility index (Phi) is 6.24. The molecule has 0 aromatic heterocycles. The molecule has 0 aliphatic carbocycles. The minimum Gasteiger partial charge on any atom is -0.396 e. The number of hydrogen-bond donors (Lipinski definition) is 3. The maximum atomic E-state index is 13.5. The minimum absolute atomic E-state index is 0.0435. The first-order chi connectivity index (χ1) is 13.8. The van der Waals surface area contributed by atoms with Crippen LogP contribution in [0.15, 0.2) is 0 Å². The summed E-state index contributed by atoms with van der Waals surface area (Å²) in [7, 11) is 1.57. The van der Waals surface area contributed by atoms with Gasteiger partial charge in [-0.25, -0.2) is 0 Å². The van der Waals surface area contributed by atoms with Crippen molar-refractivity contribution in [2.24, 2.45) is 17.8 Å². The fourth-order valence-electron chi connectivity index (χ4n) is 5.76. The largest absolute Gasteiger partial charge is 0.396 e. The van der Waals surface area contributed by atoms with Crippen molar-refractivity contribution in [3.8, 4) is 0 Å². The van der Waals surface area contributed by atoms with E-state index in [-0.39, 0.29) is 36.8 Å². The molecule has 3 aliphatic rings. The lowest BCUT2D eigenvalue weighted by molar-refractivity contribution is -0.147. The van der Waals surface area contributed by atoms with Crippen LogP contribution in [0.25, 0.3) is 0 Å². The average molecular weight is 410 g/mol. The summed E-state index contributed by atoms with van der Waals surface area (Å²) in [4.78, 5) is 41.0. The van der Waals surface area contributed by atoms with Crippen LogP contribution in [0.5, 0.6) is 0 Å². The summed E-state index contributed by atoms with van der Waals surface area (Å²) in [5, 5.41) is 15.0. The number of fused-ring (bicyclic) bond motifs is 1. The van der Waals surface area contributed by atoms with Gasteiger partial charge in [0.1, 0.15) is 11.6 Å². The maximum Gasteiger partial charge on any atom is 0.245 e. The van der Waals surface area contributed by atoms with Gasteiger partial charge in [-0.2, -0.15) is 0 Å². The van der Waals surface area contributed by atoms with Gasteiger partial charge in [-0.1, -0.05) is 26.7 Å². The van der Waals surface area contributed by atoms with Gasteiger partial charge in [0.05, 0.1) is 17.4 Å². The smallest absolute Gasteiger partial charge is 0.245 e. The van der Waals surface area contributed by atoms with E-state index in [0.717, 1.165) is 19.3 Å². The van der Waals surface area contributed by atoms with Crippen LogP contribution in [0, 0.1) is 17.8 Å². The van der Waals surface area contributed by atoms with E-state index in [4.69, 9.17) is 4.74 Å². The van der Waals surface area contributed by atoms with Gasteiger partial charge >= 0.3 is 0 Å². The van der Waals surface area contributed by atoms with Crippen LogP contribution < -0.4 is 10.6 Å². The van der Waals surface area contributed by atoms with E-state index >= 15 is 0 Å². The number of hydrogen-bond acceptors (Lipinski definition) is 5. The molecule has 0 aromatic carbocycles. The fraction of sp³-hybridized carbons (Fsp3) is 0.857. The Morgan fingerprint density at radius 1 is 1.28 bits per heavy atom. The van der Waals surface area contributed by atoms with Gasteiger partial charge in [-0.3, -0.25) is 14.4 Å². The molecule has 3 amide bonds. The highest BCUT2D eigenvalue weighted by atomic mass is 16.5. The van der Waals surface area contributed by atoms with Crippen molar-refractivity contribution in [2.75, 3.05) is 26.7 Å². The van der Waals surface area contributed by atoms with Crippen LogP contribution in [0.4, 0.5) is 0 Å². The zero-order chi connectivity index (χ0) is 21.4. The van der Waals surface area contributed by atoms with Gasteiger partial charge in [0.15, 0.2) is 0 Å². The first-order valence-electron chi connectivity index (χ1n) is 10.9. The Morgan fingerprint density at radius 3 is 2.62 bits per heavy atom. The maximum absolute atomic E-state index is 13.5. The monoisotopic (exact) mass is 409 g/mol. The summed E-state index contributed by atoms with van der Waals surface area (Å²) in [6, 6.07) is -0.771. The van der Waals surface area contributed by atoms with E-state index in [1.807, 2.05) is 13.8 Å². The molecule has 8 heteroatoms. The second-order valence-electron chi connectivity index (χ2n) is 8.93. The third-order valence-corrected chi connectivity index (χ3v) is 7.23. The van der Waals surface area contributed by atoms with Crippen molar-refractivity contribution in [3.05, 3.63) is 0 Å². The first-order valence-corrected chi connectivity index (χ1v) is 10.9. The number of carbonyl (C=O) groups excluding carboxylic acids is 3. The molecule has 1 spiro atoms. The van der Waals surface area contributed by atoms with Crippen molar-refractivity contribution in [3.63, 3.8) is 0 Å². The first kappa shape index (κ1) is 22.0. The van der Waals surface area contributed by atoms with Gasteiger partial charge in [-0.05, 0) is 32.1 Å². The topological polar surface area (TPSA) is 108 Å². The molecule has 0 aromatic rings. The number of aliphatic hydroxyl groups is 1. The highest BCUT2D eigenvalue weighted by molar-refractivity contribution is 5.99. The highest BCUT2D eigenvalue weighted by Gasteiger charge is 2.79. The number of nitrogens with one attached hydrogen (secondary N) is 2. The summed E-state index contributed by atoms with van der Waals surface area (Å²) in [6.45, 7) is 6.78. The van der Waals surface area contributed by atoms with Gasteiger partial charge in [0.2, 0.25) is 17.7 Å². The zero-order valence-electron chi connectivity index (χ0n) is 18.0. The number of nitrogens with zero attached hydrogens (tertiary/aromatic N) is 1. The number of amides is 3. The molecule has 3 aliphatic heterocycles. The van der Waals surface area contributed by atoms with Crippen LogP contribution >= 0.6 is 0 Å². The van der Waals surface area contributed by atoms with Crippen LogP contribution in [-0.2, 0) is 19.1 Å². The molecule has 3 N–H and O–H groups in total. The van der Waals surface area contributed by atoms with E-state index in [1.54, 1.807) is 11.9 Å². The van der Waals surface area contributed by atoms with Crippen molar-refractivity contribution >= 4 is 17.7 Å². The number of unbranched alkanes of at least 4 members (excludes halogenated alkanes) is 2. The van der Waals surface area contributed by atoms with Crippen LogP contribution in [0.1, 0.15) is 52.9 Å². The molecule has 3 saturated heterocycles. The molecule has 29 heavy (non-hydrogen) atoms. The number of likely N-dealkylation sites (tertiary alicyclic amines) is 1. The number of carbonyl (C=O) groups is 3. The fourth-order valence-corrected chi connectivity index (χ4v) is 5.76. The Balaban J connectivity index is 1.96. The van der Waals surface area contributed by atoms with Crippen LogP contribution in [-0.4, -0.2) is 71.7 Å². The molecule has 0 radical (unpaired) electrons. The SMILES string of the molecule is CCCCCNC(=O)C1N(CCCO)C(=O)[C@@H]2[C@@H](C(=O)NC)[C@]3(C)OC12CC3C. The molecule has 2 bridgehead atoms. The minimum atomic E-state index is -0.993. The van der Waals surface area contributed by atoms with Crippen LogP contribution in [0.2, 0.25) is 0 Å².